The first-order valence-corrected chi connectivity index (χ1v) is 7.96. The van der Waals surface area contributed by atoms with Crippen LogP contribution in [0.25, 0.3) is 5.70 Å². The molecule has 0 aromatic heterocycles. The maximum absolute atomic E-state index is 12.6. The minimum absolute atomic E-state index is 0.289. The van der Waals surface area contributed by atoms with Crippen molar-refractivity contribution >= 4 is 29.1 Å². The smallest absolute Gasteiger partial charge is 0.237 e. The largest absolute Gasteiger partial charge is 0.369 e. The van der Waals surface area contributed by atoms with E-state index in [4.69, 9.17) is 17.3 Å². The molecule has 5 nitrogen and oxygen atoms in total. The van der Waals surface area contributed by atoms with Gasteiger partial charge >= 0.3 is 0 Å². The van der Waals surface area contributed by atoms with Crippen LogP contribution >= 0.6 is 11.6 Å². The molecule has 0 fully saturated rings. The third-order valence-electron chi connectivity index (χ3n) is 4.16. The van der Waals surface area contributed by atoms with Crippen LogP contribution in [0.2, 0.25) is 5.02 Å². The zero-order valence-corrected chi connectivity index (χ0v) is 13.8. The van der Waals surface area contributed by atoms with Crippen molar-refractivity contribution in [1.29, 1.82) is 5.26 Å². The summed E-state index contributed by atoms with van der Waals surface area (Å²) in [5, 5.41) is 12.9. The van der Waals surface area contributed by atoms with E-state index >= 15 is 0 Å². The lowest BCUT2D eigenvalue weighted by Gasteiger charge is -2.31. The second-order valence-electron chi connectivity index (χ2n) is 5.67. The van der Waals surface area contributed by atoms with Crippen molar-refractivity contribution in [3.63, 3.8) is 0 Å². The number of carbonyl (C=O) groups is 2. The molecular formula is C19H14ClN3O2. The summed E-state index contributed by atoms with van der Waals surface area (Å²) >= 11 is 5.93. The molecule has 2 aromatic rings. The fraction of sp³-hybridized carbons (Fsp3) is 0.105. The molecule has 1 heterocycles. The van der Waals surface area contributed by atoms with Crippen LogP contribution in [0.4, 0.5) is 0 Å². The highest BCUT2D eigenvalue weighted by Gasteiger charge is 2.42. The maximum Gasteiger partial charge on any atom is 0.237 e. The van der Waals surface area contributed by atoms with Gasteiger partial charge in [-0.3, -0.25) is 9.59 Å². The van der Waals surface area contributed by atoms with E-state index < -0.39 is 23.7 Å². The van der Waals surface area contributed by atoms with Crippen molar-refractivity contribution in [2.75, 3.05) is 0 Å². The van der Waals surface area contributed by atoms with Gasteiger partial charge in [-0.05, 0) is 23.3 Å². The number of rotatable bonds is 3. The molecule has 3 rings (SSSR count). The summed E-state index contributed by atoms with van der Waals surface area (Å²) < 4.78 is 0. The highest BCUT2D eigenvalue weighted by Crippen LogP contribution is 2.39. The third kappa shape index (κ3) is 3.12. The summed E-state index contributed by atoms with van der Waals surface area (Å²) in [5.41, 5.74) is 7.46. The average molecular weight is 352 g/mol. The van der Waals surface area contributed by atoms with Gasteiger partial charge in [0.1, 0.15) is 5.92 Å². The Morgan fingerprint density at radius 2 is 1.76 bits per heavy atom. The van der Waals surface area contributed by atoms with Gasteiger partial charge in [0.25, 0.3) is 0 Å². The van der Waals surface area contributed by atoms with Gasteiger partial charge < -0.3 is 11.1 Å². The Bertz CT molecular complexity index is 899. The van der Waals surface area contributed by atoms with E-state index in [2.05, 4.69) is 11.4 Å². The first-order valence-electron chi connectivity index (χ1n) is 7.58. The van der Waals surface area contributed by atoms with Crippen molar-refractivity contribution in [2.24, 2.45) is 11.7 Å². The Hall–Kier alpha value is -3.10. The summed E-state index contributed by atoms with van der Waals surface area (Å²) in [7, 11) is 0. The van der Waals surface area contributed by atoms with Gasteiger partial charge in [0.05, 0.1) is 17.3 Å². The predicted octanol–water partition coefficient (Wildman–Crippen LogP) is 2.59. The molecule has 2 aromatic carbocycles. The molecule has 124 valence electrons. The topological polar surface area (TPSA) is 96.0 Å². The van der Waals surface area contributed by atoms with Crippen LogP contribution in [0, 0.1) is 17.2 Å². The Kier molecular flexibility index (Phi) is 4.55. The Labute approximate surface area is 149 Å². The molecule has 2 atom stereocenters. The number of primary amides is 1. The molecule has 6 heteroatoms. The Morgan fingerprint density at radius 3 is 2.32 bits per heavy atom. The van der Waals surface area contributed by atoms with Crippen LogP contribution in [0.15, 0.2) is 60.2 Å². The first kappa shape index (κ1) is 16.7. The first-order chi connectivity index (χ1) is 12.0. The van der Waals surface area contributed by atoms with Gasteiger partial charge in [0, 0.05) is 10.9 Å². The minimum atomic E-state index is -1.16. The number of halogens is 1. The van der Waals surface area contributed by atoms with E-state index in [0.29, 0.717) is 21.8 Å². The van der Waals surface area contributed by atoms with Crippen molar-refractivity contribution in [3.05, 3.63) is 76.3 Å². The fourth-order valence-corrected chi connectivity index (χ4v) is 3.15. The van der Waals surface area contributed by atoms with Crippen LogP contribution in [0.1, 0.15) is 17.0 Å². The van der Waals surface area contributed by atoms with Crippen molar-refractivity contribution < 1.29 is 9.59 Å². The number of nitrogens with two attached hydrogens (primary N) is 1. The molecule has 0 bridgehead atoms. The van der Waals surface area contributed by atoms with Crippen LogP contribution in [-0.2, 0) is 9.59 Å². The van der Waals surface area contributed by atoms with E-state index in [9.17, 15) is 14.9 Å². The van der Waals surface area contributed by atoms with Gasteiger partial charge in [0.2, 0.25) is 11.8 Å². The molecule has 0 radical (unpaired) electrons. The summed E-state index contributed by atoms with van der Waals surface area (Å²) in [5.74, 6) is -3.23. The van der Waals surface area contributed by atoms with Crippen molar-refractivity contribution in [3.8, 4) is 6.07 Å². The molecule has 2 unspecified atom stereocenters. The third-order valence-corrected chi connectivity index (χ3v) is 4.41. The van der Waals surface area contributed by atoms with Gasteiger partial charge in [0.15, 0.2) is 0 Å². The normalized spacial score (nSPS) is 19.9. The number of nitriles is 1. The Morgan fingerprint density at radius 1 is 1.12 bits per heavy atom. The fourth-order valence-electron chi connectivity index (χ4n) is 3.02. The molecule has 0 saturated carbocycles. The van der Waals surface area contributed by atoms with Crippen LogP contribution in [0.5, 0.6) is 0 Å². The summed E-state index contributed by atoms with van der Waals surface area (Å²) in [6.45, 7) is 0. The number of amides is 2. The number of carbonyl (C=O) groups excluding carboxylic acids is 2. The maximum atomic E-state index is 12.6. The van der Waals surface area contributed by atoms with Gasteiger partial charge in [-0.25, -0.2) is 0 Å². The second kappa shape index (κ2) is 6.80. The van der Waals surface area contributed by atoms with Crippen molar-refractivity contribution in [1.82, 2.24) is 5.32 Å². The monoisotopic (exact) mass is 351 g/mol. The lowest BCUT2D eigenvalue weighted by atomic mass is 9.76. The lowest BCUT2D eigenvalue weighted by Crippen LogP contribution is -2.46. The van der Waals surface area contributed by atoms with Crippen LogP contribution < -0.4 is 11.1 Å². The Balaban J connectivity index is 2.23. The molecular weight excluding hydrogens is 338 g/mol. The molecule has 25 heavy (non-hydrogen) atoms. The molecule has 1 aliphatic heterocycles. The zero-order valence-electron chi connectivity index (χ0n) is 13.1. The number of benzene rings is 2. The predicted molar refractivity (Wildman–Crippen MR) is 94.0 cm³/mol. The molecule has 2 amide bonds. The van der Waals surface area contributed by atoms with E-state index in [-0.39, 0.29) is 5.57 Å². The summed E-state index contributed by atoms with van der Waals surface area (Å²) in [6, 6.07) is 17.9. The quantitative estimate of drug-likeness (QED) is 0.832. The van der Waals surface area contributed by atoms with E-state index in [0.717, 1.165) is 0 Å². The number of allylic oxidation sites excluding steroid dienone is 1. The van der Waals surface area contributed by atoms with E-state index in [1.807, 2.05) is 6.07 Å². The standard InChI is InChI=1S/C19H14ClN3O2/c20-13-8-6-11(7-9-13)15-14(10-21)17(12-4-2-1-3-5-12)23-19(25)16(15)18(22)24/h1-9,15-16H,(H2,22,24)(H,23,25). The molecule has 0 spiro atoms. The molecule has 1 aliphatic rings. The zero-order chi connectivity index (χ0) is 18.0. The summed E-state index contributed by atoms with van der Waals surface area (Å²) in [6.07, 6.45) is 0. The highest BCUT2D eigenvalue weighted by molar-refractivity contribution is 6.30. The van der Waals surface area contributed by atoms with Gasteiger partial charge in [-0.15, -0.1) is 0 Å². The highest BCUT2D eigenvalue weighted by atomic mass is 35.5. The second-order valence-corrected chi connectivity index (χ2v) is 6.10. The number of nitrogens with one attached hydrogen (secondary N) is 1. The summed E-state index contributed by atoms with van der Waals surface area (Å²) in [4.78, 5) is 24.5. The van der Waals surface area contributed by atoms with Crippen LogP contribution in [-0.4, -0.2) is 11.8 Å². The molecule has 0 aliphatic carbocycles. The van der Waals surface area contributed by atoms with Gasteiger partial charge in [-0.1, -0.05) is 54.1 Å². The van der Waals surface area contributed by atoms with Crippen molar-refractivity contribution in [2.45, 2.75) is 5.92 Å². The van der Waals surface area contributed by atoms with E-state index in [1.165, 1.54) is 0 Å². The SMILES string of the molecule is N#CC1=C(c2ccccc2)NC(=O)C(C(N)=O)C1c1ccc(Cl)cc1. The van der Waals surface area contributed by atoms with Crippen LogP contribution in [0.3, 0.4) is 0 Å². The minimum Gasteiger partial charge on any atom is -0.369 e. The van der Waals surface area contributed by atoms with Gasteiger partial charge in [-0.2, -0.15) is 5.26 Å². The molecule has 3 N–H and O–H groups in total. The lowest BCUT2D eigenvalue weighted by molar-refractivity contribution is -0.133. The number of nitrogens with zero attached hydrogens (tertiary/aromatic N) is 1. The average Bonchev–Trinajstić information content (AvgIpc) is 2.62. The number of hydrogen-bond acceptors (Lipinski definition) is 3. The van der Waals surface area contributed by atoms with E-state index in [1.54, 1.807) is 48.5 Å². The molecule has 0 saturated heterocycles. The number of hydrogen-bond donors (Lipinski definition) is 2.